The maximum absolute atomic E-state index is 13.0. The van der Waals surface area contributed by atoms with E-state index in [0.717, 1.165) is 22.9 Å². The van der Waals surface area contributed by atoms with Crippen LogP contribution in [0.5, 0.6) is 5.88 Å². The number of carbonyl (C=O) groups is 1. The Balaban J connectivity index is 2.02. The van der Waals surface area contributed by atoms with Gasteiger partial charge in [0.05, 0.1) is 18.4 Å². The number of benzene rings is 1. The van der Waals surface area contributed by atoms with Gasteiger partial charge < -0.3 is 10.1 Å². The Morgan fingerprint density at radius 2 is 1.93 bits per heavy atom. The van der Waals surface area contributed by atoms with Crippen molar-refractivity contribution in [1.29, 1.82) is 0 Å². The van der Waals surface area contributed by atoms with Gasteiger partial charge in [0.15, 0.2) is 5.69 Å². The maximum Gasteiger partial charge on any atom is 0.416 e. The van der Waals surface area contributed by atoms with E-state index in [9.17, 15) is 22.8 Å². The summed E-state index contributed by atoms with van der Waals surface area (Å²) in [4.78, 5) is 28.8. The summed E-state index contributed by atoms with van der Waals surface area (Å²) in [6.07, 6.45) is -3.08. The highest BCUT2D eigenvalue weighted by molar-refractivity contribution is 6.03. The summed E-state index contributed by atoms with van der Waals surface area (Å²) in [6.45, 7) is 1.50. The lowest BCUT2D eigenvalue weighted by molar-refractivity contribution is -0.137. The van der Waals surface area contributed by atoms with Crippen molar-refractivity contribution < 1.29 is 22.7 Å². The van der Waals surface area contributed by atoms with Crippen molar-refractivity contribution in [3.63, 3.8) is 0 Å². The molecule has 7 nitrogen and oxygen atoms in total. The molecule has 0 bridgehead atoms. The molecule has 29 heavy (non-hydrogen) atoms. The van der Waals surface area contributed by atoms with Gasteiger partial charge in [-0.15, -0.1) is 0 Å². The van der Waals surface area contributed by atoms with E-state index >= 15 is 0 Å². The van der Waals surface area contributed by atoms with Crippen LogP contribution in [0.3, 0.4) is 0 Å². The number of anilines is 1. The third kappa shape index (κ3) is 4.26. The van der Waals surface area contributed by atoms with Crippen LogP contribution in [0.2, 0.25) is 0 Å². The van der Waals surface area contributed by atoms with Crippen LogP contribution in [0.1, 0.15) is 21.7 Å². The Morgan fingerprint density at radius 1 is 1.17 bits per heavy atom. The Bertz CT molecular complexity index is 1130. The molecule has 0 atom stereocenters. The first-order valence-corrected chi connectivity index (χ1v) is 8.29. The average Bonchev–Trinajstić information content (AvgIpc) is 2.68. The molecule has 0 spiro atoms. The quantitative estimate of drug-likeness (QED) is 0.722. The summed E-state index contributed by atoms with van der Waals surface area (Å²) in [5, 5.41) is 6.45. The standard InChI is InChI=1S/C19H15F3N4O3/c1-11-9-15(27)16(17(28)24-14-7-4-8-23-18(14)29-2)25-26(11)13-6-3-5-12(10-13)19(20,21)22/h3-10H,1-2H3,(H,24,28). The minimum absolute atomic E-state index is 0.0605. The summed E-state index contributed by atoms with van der Waals surface area (Å²) >= 11 is 0. The minimum atomic E-state index is -4.54. The van der Waals surface area contributed by atoms with Crippen LogP contribution in [0.4, 0.5) is 18.9 Å². The van der Waals surface area contributed by atoms with Gasteiger partial charge in [0.1, 0.15) is 5.69 Å². The van der Waals surface area contributed by atoms with Crippen molar-refractivity contribution in [1.82, 2.24) is 14.8 Å². The minimum Gasteiger partial charge on any atom is -0.480 e. The normalized spacial score (nSPS) is 11.2. The highest BCUT2D eigenvalue weighted by atomic mass is 19.4. The van der Waals surface area contributed by atoms with Crippen LogP contribution in [0, 0.1) is 6.92 Å². The summed E-state index contributed by atoms with van der Waals surface area (Å²) in [7, 11) is 1.36. The molecular weight excluding hydrogens is 389 g/mol. The van der Waals surface area contributed by atoms with Crippen molar-refractivity contribution >= 4 is 11.6 Å². The number of hydrogen-bond acceptors (Lipinski definition) is 5. The Labute approximate surface area is 162 Å². The van der Waals surface area contributed by atoms with E-state index < -0.39 is 28.8 Å². The summed E-state index contributed by atoms with van der Waals surface area (Å²) < 4.78 is 45.2. The topological polar surface area (TPSA) is 86.1 Å². The van der Waals surface area contributed by atoms with Crippen molar-refractivity contribution in [2.75, 3.05) is 12.4 Å². The van der Waals surface area contributed by atoms with Crippen molar-refractivity contribution in [3.05, 3.63) is 75.8 Å². The van der Waals surface area contributed by atoms with Crippen molar-refractivity contribution in [2.45, 2.75) is 13.1 Å². The van der Waals surface area contributed by atoms with E-state index in [4.69, 9.17) is 4.74 Å². The number of amides is 1. The molecule has 1 aromatic carbocycles. The van der Waals surface area contributed by atoms with E-state index in [1.165, 1.54) is 38.4 Å². The first-order valence-electron chi connectivity index (χ1n) is 8.29. The molecule has 3 rings (SSSR count). The van der Waals surface area contributed by atoms with Crippen LogP contribution in [-0.2, 0) is 6.18 Å². The Hall–Kier alpha value is -3.69. The molecular formula is C19H15F3N4O3. The number of alkyl halides is 3. The summed E-state index contributed by atoms with van der Waals surface area (Å²) in [5.41, 5.74) is -1.49. The predicted molar refractivity (Wildman–Crippen MR) is 98.3 cm³/mol. The highest BCUT2D eigenvalue weighted by Gasteiger charge is 2.30. The molecule has 10 heteroatoms. The van der Waals surface area contributed by atoms with Crippen LogP contribution in [0.15, 0.2) is 53.5 Å². The molecule has 1 N–H and O–H groups in total. The van der Waals surface area contributed by atoms with Gasteiger partial charge in [0.2, 0.25) is 11.3 Å². The average molecular weight is 404 g/mol. The Morgan fingerprint density at radius 3 is 2.62 bits per heavy atom. The number of carbonyl (C=O) groups excluding carboxylic acids is 1. The zero-order valence-electron chi connectivity index (χ0n) is 15.3. The number of aromatic nitrogens is 3. The SMILES string of the molecule is COc1ncccc1NC(=O)c1nn(-c2cccc(C(F)(F)F)c2)c(C)cc1=O. The van der Waals surface area contributed by atoms with Gasteiger partial charge in [-0.3, -0.25) is 9.59 Å². The second-order valence-electron chi connectivity index (χ2n) is 5.97. The van der Waals surface area contributed by atoms with E-state index in [2.05, 4.69) is 15.4 Å². The van der Waals surface area contributed by atoms with Crippen molar-refractivity contribution in [3.8, 4) is 11.6 Å². The van der Waals surface area contributed by atoms with Gasteiger partial charge in [-0.1, -0.05) is 6.07 Å². The number of pyridine rings is 1. The van der Waals surface area contributed by atoms with E-state index in [-0.39, 0.29) is 22.9 Å². The van der Waals surface area contributed by atoms with Crippen LogP contribution in [0.25, 0.3) is 5.69 Å². The molecule has 150 valence electrons. The van der Waals surface area contributed by atoms with E-state index in [1.54, 1.807) is 6.07 Å². The van der Waals surface area contributed by atoms with Gasteiger partial charge in [-0.25, -0.2) is 9.67 Å². The fraction of sp³-hybridized carbons (Fsp3) is 0.158. The number of ether oxygens (including phenoxy) is 1. The van der Waals surface area contributed by atoms with Gasteiger partial charge in [0, 0.05) is 18.0 Å². The van der Waals surface area contributed by atoms with Gasteiger partial charge in [-0.2, -0.15) is 18.3 Å². The molecule has 0 saturated carbocycles. The summed E-state index contributed by atoms with van der Waals surface area (Å²) in [6, 6.07) is 8.62. The molecule has 0 aliphatic rings. The molecule has 0 unspecified atom stereocenters. The van der Waals surface area contributed by atoms with Crippen LogP contribution >= 0.6 is 0 Å². The number of hydrogen-bond donors (Lipinski definition) is 1. The fourth-order valence-electron chi connectivity index (χ4n) is 2.61. The molecule has 0 fully saturated rings. The number of rotatable bonds is 4. The number of nitrogens with one attached hydrogen (secondary N) is 1. The number of aryl methyl sites for hydroxylation is 1. The first kappa shape index (κ1) is 20.1. The smallest absolute Gasteiger partial charge is 0.416 e. The van der Waals surface area contributed by atoms with Crippen molar-refractivity contribution in [2.24, 2.45) is 0 Å². The lowest BCUT2D eigenvalue weighted by Crippen LogP contribution is -2.27. The predicted octanol–water partition coefficient (Wildman–Crippen LogP) is 3.22. The van der Waals surface area contributed by atoms with Gasteiger partial charge in [0.25, 0.3) is 5.91 Å². The third-order valence-corrected chi connectivity index (χ3v) is 3.95. The second kappa shape index (κ2) is 7.74. The van der Waals surface area contributed by atoms with Gasteiger partial charge in [-0.05, 0) is 37.3 Å². The second-order valence-corrected chi connectivity index (χ2v) is 5.97. The summed E-state index contributed by atoms with van der Waals surface area (Å²) in [5.74, 6) is -0.715. The van der Waals surface area contributed by atoms with E-state index in [1.807, 2.05) is 0 Å². The zero-order valence-corrected chi connectivity index (χ0v) is 15.3. The number of nitrogens with zero attached hydrogens (tertiary/aromatic N) is 3. The van der Waals surface area contributed by atoms with Crippen LogP contribution < -0.4 is 15.5 Å². The molecule has 0 saturated heterocycles. The highest BCUT2D eigenvalue weighted by Crippen LogP contribution is 2.30. The fourth-order valence-corrected chi connectivity index (χ4v) is 2.61. The monoisotopic (exact) mass is 404 g/mol. The lowest BCUT2D eigenvalue weighted by atomic mass is 10.2. The van der Waals surface area contributed by atoms with E-state index in [0.29, 0.717) is 0 Å². The number of halogens is 3. The lowest BCUT2D eigenvalue weighted by Gasteiger charge is -2.14. The molecule has 2 heterocycles. The molecule has 0 aliphatic heterocycles. The number of methoxy groups -OCH3 is 1. The molecule has 1 amide bonds. The molecule has 3 aromatic rings. The molecule has 0 radical (unpaired) electrons. The zero-order chi connectivity index (χ0) is 21.2. The molecule has 0 aliphatic carbocycles. The van der Waals surface area contributed by atoms with Gasteiger partial charge >= 0.3 is 6.18 Å². The third-order valence-electron chi connectivity index (χ3n) is 3.95. The first-order chi connectivity index (χ1) is 13.7. The molecule has 2 aromatic heterocycles. The Kier molecular flexibility index (Phi) is 5.35. The largest absolute Gasteiger partial charge is 0.480 e. The van der Waals surface area contributed by atoms with Crippen LogP contribution in [-0.4, -0.2) is 27.8 Å². The maximum atomic E-state index is 13.0.